The Morgan fingerprint density at radius 3 is 2.73 bits per heavy atom. The van der Waals surface area contributed by atoms with Gasteiger partial charge in [0, 0.05) is 10.9 Å². The fourth-order valence-electron chi connectivity index (χ4n) is 1.50. The Bertz CT molecular complexity index is 471. The number of fused-ring (bicyclic) bond motifs is 1. The van der Waals surface area contributed by atoms with E-state index in [1.807, 2.05) is 24.3 Å². The summed E-state index contributed by atoms with van der Waals surface area (Å²) < 4.78 is 5.59. The molecule has 0 saturated heterocycles. The van der Waals surface area contributed by atoms with Gasteiger partial charge in [-0.05, 0) is 17.5 Å². The number of benzene rings is 2. The van der Waals surface area contributed by atoms with Gasteiger partial charge in [0.1, 0.15) is 12.4 Å². The second-order valence-corrected chi connectivity index (χ2v) is 3.40. The van der Waals surface area contributed by atoms with Crippen molar-refractivity contribution in [1.82, 2.24) is 0 Å². The van der Waals surface area contributed by atoms with Crippen LogP contribution >= 0.6 is 11.6 Å². The third-order valence-corrected chi connectivity index (χ3v) is 2.35. The van der Waals surface area contributed by atoms with Crippen molar-refractivity contribution in [2.75, 3.05) is 6.61 Å². The van der Waals surface area contributed by atoms with Gasteiger partial charge in [0.05, 0.1) is 0 Å². The van der Waals surface area contributed by atoms with Gasteiger partial charge in [-0.3, -0.25) is 0 Å². The molecule has 0 bridgehead atoms. The molecule has 0 aromatic heterocycles. The maximum absolute atomic E-state index is 5.59. The van der Waals surface area contributed by atoms with E-state index in [9.17, 15) is 0 Å². The first-order valence-corrected chi connectivity index (χ1v) is 5.21. The van der Waals surface area contributed by atoms with Crippen molar-refractivity contribution in [3.63, 3.8) is 0 Å². The topological polar surface area (TPSA) is 9.23 Å². The SMILES string of the molecule is ClC=CCOc1cccc2ccccc12. The smallest absolute Gasteiger partial charge is 0.127 e. The van der Waals surface area contributed by atoms with Crippen LogP contribution in [0.3, 0.4) is 0 Å². The summed E-state index contributed by atoms with van der Waals surface area (Å²) in [6.07, 6.45) is 1.77. The standard InChI is InChI=1S/C13H11ClO/c14-9-4-10-15-13-8-3-6-11-5-1-2-7-12(11)13/h1-9H,10H2. The molecule has 0 amide bonds. The van der Waals surface area contributed by atoms with E-state index >= 15 is 0 Å². The lowest BCUT2D eigenvalue weighted by molar-refractivity contribution is 0.367. The molecule has 0 radical (unpaired) electrons. The molecule has 0 saturated carbocycles. The molecule has 0 unspecified atom stereocenters. The number of hydrogen-bond acceptors (Lipinski definition) is 1. The molecule has 0 atom stereocenters. The third kappa shape index (κ3) is 2.31. The largest absolute Gasteiger partial charge is 0.489 e. The number of rotatable bonds is 3. The van der Waals surface area contributed by atoms with Gasteiger partial charge in [-0.25, -0.2) is 0 Å². The van der Waals surface area contributed by atoms with Gasteiger partial charge >= 0.3 is 0 Å². The first-order chi connectivity index (χ1) is 7.42. The maximum atomic E-state index is 5.59. The highest BCUT2D eigenvalue weighted by molar-refractivity contribution is 6.25. The van der Waals surface area contributed by atoms with Crippen molar-refractivity contribution in [3.8, 4) is 5.75 Å². The van der Waals surface area contributed by atoms with Crippen LogP contribution in [0.4, 0.5) is 0 Å². The zero-order chi connectivity index (χ0) is 10.5. The van der Waals surface area contributed by atoms with Gasteiger partial charge in [0.25, 0.3) is 0 Å². The van der Waals surface area contributed by atoms with Gasteiger partial charge in [-0.15, -0.1) is 0 Å². The predicted molar refractivity (Wildman–Crippen MR) is 64.4 cm³/mol. The molecule has 0 aliphatic rings. The number of halogens is 1. The molecule has 1 nitrogen and oxygen atoms in total. The van der Waals surface area contributed by atoms with Gasteiger partial charge in [0.2, 0.25) is 0 Å². The minimum Gasteiger partial charge on any atom is -0.489 e. The summed E-state index contributed by atoms with van der Waals surface area (Å²) in [5.41, 5.74) is 1.46. The van der Waals surface area contributed by atoms with Crippen LogP contribution in [0.15, 0.2) is 54.1 Å². The Labute approximate surface area is 93.9 Å². The molecule has 0 aliphatic carbocycles. The molecular formula is C13H11ClO. The van der Waals surface area contributed by atoms with Crippen LogP contribution in [0.25, 0.3) is 10.8 Å². The lowest BCUT2D eigenvalue weighted by Crippen LogP contribution is -1.93. The normalized spacial score (nSPS) is 11.0. The molecule has 76 valence electrons. The lowest BCUT2D eigenvalue weighted by Gasteiger charge is -2.06. The predicted octanol–water partition coefficient (Wildman–Crippen LogP) is 3.97. The molecule has 0 aliphatic heterocycles. The second kappa shape index (κ2) is 4.85. The summed E-state index contributed by atoms with van der Waals surface area (Å²) in [7, 11) is 0. The molecule has 0 fully saturated rings. The van der Waals surface area contributed by atoms with Crippen molar-refractivity contribution in [2.45, 2.75) is 0 Å². The van der Waals surface area contributed by atoms with Crippen LogP contribution < -0.4 is 4.74 Å². The highest BCUT2D eigenvalue weighted by Crippen LogP contribution is 2.24. The van der Waals surface area contributed by atoms with Gasteiger partial charge in [-0.2, -0.15) is 0 Å². The van der Waals surface area contributed by atoms with Crippen molar-refractivity contribution < 1.29 is 4.74 Å². The van der Waals surface area contributed by atoms with Crippen molar-refractivity contribution in [3.05, 3.63) is 54.1 Å². The quantitative estimate of drug-likeness (QED) is 0.758. The zero-order valence-corrected chi connectivity index (χ0v) is 8.95. The summed E-state index contributed by atoms with van der Waals surface area (Å²) in [4.78, 5) is 0. The van der Waals surface area contributed by atoms with Crippen LogP contribution in [0.2, 0.25) is 0 Å². The van der Waals surface area contributed by atoms with Crippen molar-refractivity contribution in [2.24, 2.45) is 0 Å². The highest BCUT2D eigenvalue weighted by atomic mass is 35.5. The van der Waals surface area contributed by atoms with E-state index in [4.69, 9.17) is 16.3 Å². The van der Waals surface area contributed by atoms with E-state index in [1.54, 1.807) is 6.08 Å². The molecule has 0 heterocycles. The number of hydrogen-bond donors (Lipinski definition) is 0. The molecule has 0 N–H and O–H groups in total. The average molecular weight is 219 g/mol. The Balaban J connectivity index is 2.34. The fraction of sp³-hybridized carbons (Fsp3) is 0.0769. The van der Waals surface area contributed by atoms with E-state index in [0.717, 1.165) is 11.1 Å². The molecule has 2 heteroatoms. The summed E-state index contributed by atoms with van der Waals surface area (Å²) in [6, 6.07) is 14.2. The van der Waals surface area contributed by atoms with E-state index < -0.39 is 0 Å². The van der Waals surface area contributed by atoms with Gasteiger partial charge in [0.15, 0.2) is 0 Å². The van der Waals surface area contributed by atoms with E-state index in [-0.39, 0.29) is 0 Å². The molecule has 15 heavy (non-hydrogen) atoms. The van der Waals surface area contributed by atoms with Crippen LogP contribution in [0.5, 0.6) is 5.75 Å². The van der Waals surface area contributed by atoms with Crippen molar-refractivity contribution >= 4 is 22.4 Å². The Hall–Kier alpha value is -1.47. The summed E-state index contributed by atoms with van der Waals surface area (Å²) in [5, 5.41) is 2.31. The summed E-state index contributed by atoms with van der Waals surface area (Å²) >= 11 is 5.43. The van der Waals surface area contributed by atoms with Crippen LogP contribution in [0.1, 0.15) is 0 Å². The van der Waals surface area contributed by atoms with Crippen molar-refractivity contribution in [1.29, 1.82) is 0 Å². The van der Waals surface area contributed by atoms with Gasteiger partial charge < -0.3 is 4.74 Å². The van der Waals surface area contributed by atoms with E-state index in [1.165, 1.54) is 10.9 Å². The third-order valence-electron chi connectivity index (χ3n) is 2.17. The fourth-order valence-corrected chi connectivity index (χ4v) is 1.57. The Kier molecular flexibility index (Phi) is 3.25. The summed E-state index contributed by atoms with van der Waals surface area (Å²) in [6.45, 7) is 0.498. The molecule has 0 spiro atoms. The Morgan fingerprint density at radius 1 is 1.07 bits per heavy atom. The average Bonchev–Trinajstić information content (AvgIpc) is 2.30. The maximum Gasteiger partial charge on any atom is 0.127 e. The highest BCUT2D eigenvalue weighted by Gasteiger charge is 1.98. The van der Waals surface area contributed by atoms with Gasteiger partial charge in [-0.1, -0.05) is 48.0 Å². The summed E-state index contributed by atoms with van der Waals surface area (Å²) in [5.74, 6) is 0.892. The lowest BCUT2D eigenvalue weighted by atomic mass is 10.1. The second-order valence-electron chi connectivity index (χ2n) is 3.15. The minimum absolute atomic E-state index is 0.498. The van der Waals surface area contributed by atoms with Crippen LogP contribution in [-0.2, 0) is 0 Å². The van der Waals surface area contributed by atoms with E-state index in [2.05, 4.69) is 18.2 Å². The molecule has 2 rings (SSSR count). The first kappa shape index (κ1) is 10.1. The van der Waals surface area contributed by atoms with Crippen LogP contribution in [-0.4, -0.2) is 6.61 Å². The number of ether oxygens (including phenoxy) is 1. The van der Waals surface area contributed by atoms with E-state index in [0.29, 0.717) is 6.61 Å². The Morgan fingerprint density at radius 2 is 1.87 bits per heavy atom. The monoisotopic (exact) mass is 218 g/mol. The minimum atomic E-state index is 0.498. The van der Waals surface area contributed by atoms with Crippen LogP contribution in [0, 0.1) is 0 Å². The molecule has 2 aromatic carbocycles. The molecular weight excluding hydrogens is 208 g/mol. The zero-order valence-electron chi connectivity index (χ0n) is 8.19. The molecule has 2 aromatic rings. The first-order valence-electron chi connectivity index (χ1n) is 4.77.